The number of para-hydroxylation sites is 2. The second-order valence-electron chi connectivity index (χ2n) is 5.01. The van der Waals surface area contributed by atoms with E-state index in [0.29, 0.717) is 5.13 Å². The Morgan fingerprint density at radius 2 is 2.04 bits per heavy atom. The van der Waals surface area contributed by atoms with Crippen molar-refractivity contribution in [2.24, 2.45) is 0 Å². The molecule has 1 amide bonds. The molecular weight excluding hydrogens is 308 g/mol. The molecule has 3 aromatic rings. The Labute approximate surface area is 138 Å². The summed E-state index contributed by atoms with van der Waals surface area (Å²) in [6.45, 7) is 2.01. The van der Waals surface area contributed by atoms with E-state index < -0.39 is 0 Å². The van der Waals surface area contributed by atoms with Gasteiger partial charge in [-0.15, -0.1) is 0 Å². The minimum Gasteiger partial charge on any atom is -0.496 e. The highest BCUT2D eigenvalue weighted by Gasteiger charge is 2.07. The summed E-state index contributed by atoms with van der Waals surface area (Å²) in [5.41, 5.74) is 2.88. The number of nitrogens with one attached hydrogen (secondary N) is 1. The van der Waals surface area contributed by atoms with Gasteiger partial charge in [0.25, 0.3) is 0 Å². The number of benzene rings is 2. The van der Waals surface area contributed by atoms with Crippen LogP contribution in [0.1, 0.15) is 11.1 Å². The Bertz CT molecular complexity index is 884. The molecule has 0 radical (unpaired) electrons. The van der Waals surface area contributed by atoms with E-state index in [2.05, 4.69) is 10.3 Å². The zero-order valence-corrected chi connectivity index (χ0v) is 13.7. The molecule has 0 aliphatic heterocycles. The number of rotatable bonds is 4. The molecule has 0 spiro atoms. The number of anilines is 1. The predicted octanol–water partition coefficient (Wildman–Crippen LogP) is 4.27. The molecule has 0 aliphatic carbocycles. The van der Waals surface area contributed by atoms with Gasteiger partial charge in [0.2, 0.25) is 5.91 Å². The molecule has 1 aromatic heterocycles. The fourth-order valence-corrected chi connectivity index (χ4v) is 3.20. The molecule has 0 saturated carbocycles. The number of methoxy groups -OCH3 is 1. The number of carbonyl (C=O) groups excluding carboxylic acids is 1. The molecule has 0 atom stereocenters. The summed E-state index contributed by atoms with van der Waals surface area (Å²) in [6.07, 6.45) is 3.21. The number of hydrogen-bond acceptors (Lipinski definition) is 4. The highest BCUT2D eigenvalue weighted by atomic mass is 32.1. The fourth-order valence-electron chi connectivity index (χ4n) is 2.26. The number of thiazole rings is 1. The number of ether oxygens (including phenoxy) is 1. The molecule has 0 aliphatic rings. The van der Waals surface area contributed by atoms with Gasteiger partial charge in [0.1, 0.15) is 5.75 Å². The van der Waals surface area contributed by atoms with Crippen molar-refractivity contribution in [1.29, 1.82) is 0 Å². The van der Waals surface area contributed by atoms with Crippen molar-refractivity contribution in [3.05, 3.63) is 59.7 Å². The highest BCUT2D eigenvalue weighted by Crippen LogP contribution is 2.27. The second-order valence-corrected chi connectivity index (χ2v) is 6.04. The molecular formula is C18H16N2O2S. The van der Waals surface area contributed by atoms with E-state index in [0.717, 1.165) is 27.1 Å². The van der Waals surface area contributed by atoms with Gasteiger partial charge in [-0.1, -0.05) is 41.7 Å². The first-order chi connectivity index (χ1) is 11.2. The number of aromatic nitrogens is 1. The molecule has 116 valence electrons. The SMILES string of the molecule is COc1ccccc1/C=C\C(=O)Nc1nc2c(C)cccc2s1. The van der Waals surface area contributed by atoms with Gasteiger partial charge in [0.15, 0.2) is 5.13 Å². The first kappa shape index (κ1) is 15.2. The third kappa shape index (κ3) is 3.40. The Balaban J connectivity index is 1.75. The maximum atomic E-state index is 12.1. The standard InChI is InChI=1S/C18H16N2O2S/c1-12-6-5-9-15-17(12)20-18(23-15)19-16(21)11-10-13-7-3-4-8-14(13)22-2/h3-11H,1-2H3,(H,19,20,21)/b11-10-. The van der Waals surface area contributed by atoms with Crippen LogP contribution in [0.15, 0.2) is 48.5 Å². The maximum Gasteiger partial charge on any atom is 0.250 e. The van der Waals surface area contributed by atoms with Crippen LogP contribution < -0.4 is 10.1 Å². The lowest BCUT2D eigenvalue weighted by molar-refractivity contribution is -0.111. The first-order valence-electron chi connectivity index (χ1n) is 7.15. The molecule has 3 rings (SSSR count). The monoisotopic (exact) mass is 324 g/mol. The van der Waals surface area contributed by atoms with Crippen LogP contribution in [0, 0.1) is 6.92 Å². The number of amides is 1. The van der Waals surface area contributed by atoms with Crippen molar-refractivity contribution < 1.29 is 9.53 Å². The topological polar surface area (TPSA) is 51.2 Å². The highest BCUT2D eigenvalue weighted by molar-refractivity contribution is 7.22. The average molecular weight is 324 g/mol. The van der Waals surface area contributed by atoms with Crippen LogP contribution in [0.25, 0.3) is 16.3 Å². The van der Waals surface area contributed by atoms with Crippen molar-refractivity contribution in [3.8, 4) is 5.75 Å². The van der Waals surface area contributed by atoms with Gasteiger partial charge >= 0.3 is 0 Å². The lowest BCUT2D eigenvalue weighted by Crippen LogP contribution is -2.07. The summed E-state index contributed by atoms with van der Waals surface area (Å²) < 4.78 is 6.32. The Morgan fingerprint density at radius 1 is 1.22 bits per heavy atom. The Hall–Kier alpha value is -2.66. The maximum absolute atomic E-state index is 12.1. The molecule has 0 fully saturated rings. The summed E-state index contributed by atoms with van der Waals surface area (Å²) in [5, 5.41) is 3.41. The van der Waals surface area contributed by atoms with Gasteiger partial charge in [-0.2, -0.15) is 0 Å². The number of aryl methyl sites for hydroxylation is 1. The Morgan fingerprint density at radius 3 is 2.83 bits per heavy atom. The largest absolute Gasteiger partial charge is 0.496 e. The van der Waals surface area contributed by atoms with Crippen molar-refractivity contribution in [3.63, 3.8) is 0 Å². The molecule has 1 N–H and O–H groups in total. The zero-order chi connectivity index (χ0) is 16.2. The van der Waals surface area contributed by atoms with Gasteiger partial charge < -0.3 is 4.74 Å². The van der Waals surface area contributed by atoms with Crippen LogP contribution >= 0.6 is 11.3 Å². The minimum absolute atomic E-state index is 0.215. The number of hydrogen-bond donors (Lipinski definition) is 1. The lowest BCUT2D eigenvalue weighted by Gasteiger charge is -2.03. The molecule has 5 heteroatoms. The normalized spacial score (nSPS) is 11.0. The van der Waals surface area contributed by atoms with E-state index >= 15 is 0 Å². The van der Waals surface area contributed by atoms with E-state index in [1.54, 1.807) is 13.2 Å². The first-order valence-corrected chi connectivity index (χ1v) is 7.97. The summed E-state index contributed by atoms with van der Waals surface area (Å²) >= 11 is 1.47. The summed E-state index contributed by atoms with van der Waals surface area (Å²) in [5.74, 6) is 0.514. The number of carbonyl (C=O) groups is 1. The molecule has 23 heavy (non-hydrogen) atoms. The van der Waals surface area contributed by atoms with Crippen LogP contribution in [0.2, 0.25) is 0 Å². The smallest absolute Gasteiger partial charge is 0.250 e. The molecule has 0 saturated heterocycles. The lowest BCUT2D eigenvalue weighted by atomic mass is 10.2. The van der Waals surface area contributed by atoms with Gasteiger partial charge in [-0.05, 0) is 30.7 Å². The van der Waals surface area contributed by atoms with Crippen LogP contribution in [0.5, 0.6) is 5.75 Å². The van der Waals surface area contributed by atoms with Crippen molar-refractivity contribution in [1.82, 2.24) is 4.98 Å². The summed E-state index contributed by atoms with van der Waals surface area (Å²) in [4.78, 5) is 16.5. The van der Waals surface area contributed by atoms with Gasteiger partial charge in [-0.3, -0.25) is 10.1 Å². The van der Waals surface area contributed by atoms with E-state index in [4.69, 9.17) is 4.74 Å². The molecule has 0 unspecified atom stereocenters. The Kier molecular flexibility index (Phi) is 4.39. The van der Waals surface area contributed by atoms with E-state index in [1.807, 2.05) is 49.4 Å². The van der Waals surface area contributed by atoms with Gasteiger partial charge in [0.05, 0.1) is 17.3 Å². The predicted molar refractivity (Wildman–Crippen MR) is 95.0 cm³/mol. The third-order valence-electron chi connectivity index (χ3n) is 3.40. The van der Waals surface area contributed by atoms with Gasteiger partial charge in [-0.25, -0.2) is 4.98 Å². The quantitative estimate of drug-likeness (QED) is 0.729. The van der Waals surface area contributed by atoms with Crippen LogP contribution in [0.4, 0.5) is 5.13 Å². The van der Waals surface area contributed by atoms with Gasteiger partial charge in [0, 0.05) is 11.6 Å². The van der Waals surface area contributed by atoms with Crippen LogP contribution in [-0.4, -0.2) is 18.0 Å². The fraction of sp³-hybridized carbons (Fsp3) is 0.111. The summed E-state index contributed by atoms with van der Waals surface area (Å²) in [6, 6.07) is 13.5. The number of fused-ring (bicyclic) bond motifs is 1. The minimum atomic E-state index is -0.215. The third-order valence-corrected chi connectivity index (χ3v) is 4.34. The second kappa shape index (κ2) is 6.62. The van der Waals surface area contributed by atoms with Crippen molar-refractivity contribution in [2.45, 2.75) is 6.92 Å². The summed E-state index contributed by atoms with van der Waals surface area (Å²) in [7, 11) is 1.61. The zero-order valence-electron chi connectivity index (χ0n) is 12.9. The molecule has 2 aromatic carbocycles. The van der Waals surface area contributed by atoms with E-state index in [9.17, 15) is 4.79 Å². The molecule has 1 heterocycles. The number of nitrogens with zero attached hydrogens (tertiary/aromatic N) is 1. The van der Waals surface area contributed by atoms with Crippen molar-refractivity contribution >= 4 is 38.7 Å². The van der Waals surface area contributed by atoms with Crippen LogP contribution in [0.3, 0.4) is 0 Å². The molecule has 0 bridgehead atoms. The van der Waals surface area contributed by atoms with Crippen LogP contribution in [-0.2, 0) is 4.79 Å². The molecule has 4 nitrogen and oxygen atoms in total. The van der Waals surface area contributed by atoms with E-state index in [1.165, 1.54) is 17.4 Å². The van der Waals surface area contributed by atoms with E-state index in [-0.39, 0.29) is 5.91 Å². The van der Waals surface area contributed by atoms with Crippen molar-refractivity contribution in [2.75, 3.05) is 12.4 Å². The average Bonchev–Trinajstić information content (AvgIpc) is 2.97.